The highest BCUT2D eigenvalue weighted by Gasteiger charge is 2.14. The Balaban J connectivity index is 3.24. The lowest BCUT2D eigenvalue weighted by atomic mass is 10.2. The summed E-state index contributed by atoms with van der Waals surface area (Å²) in [5, 5.41) is 10.9. The second-order valence-electron chi connectivity index (χ2n) is 2.68. The van der Waals surface area contributed by atoms with Crippen LogP contribution < -0.4 is 9.84 Å². The fourth-order valence-corrected chi connectivity index (χ4v) is 2.98. The summed E-state index contributed by atoms with van der Waals surface area (Å²) >= 11 is 7.61. The van der Waals surface area contributed by atoms with Crippen molar-refractivity contribution >= 4 is 69.7 Å². The summed E-state index contributed by atoms with van der Waals surface area (Å²) in [5.74, 6) is -2.09. The molecule has 0 saturated heterocycles. The molecule has 0 radical (unpaired) electrons. The third-order valence-corrected chi connectivity index (χ3v) is 3.26. The number of carbonyl (C=O) groups is 2. The van der Waals surface area contributed by atoms with Gasteiger partial charge < -0.3 is 14.6 Å². The summed E-state index contributed by atoms with van der Waals surface area (Å²) in [4.78, 5) is 21.9. The van der Waals surface area contributed by atoms with Gasteiger partial charge in [-0.25, -0.2) is 0 Å². The summed E-state index contributed by atoms with van der Waals surface area (Å²) in [7, 11) is 0. The van der Waals surface area contributed by atoms with E-state index in [1.165, 1.54) is 6.07 Å². The molecule has 0 saturated carbocycles. The Labute approximate surface area is 124 Å². The molecule has 0 spiro atoms. The second-order valence-corrected chi connectivity index (χ2v) is 5.41. The molecule has 1 aromatic carbocycles. The molecule has 0 aliphatic carbocycles. The zero-order chi connectivity index (χ0) is 12.3. The molecule has 86 valence electrons. The van der Waals surface area contributed by atoms with E-state index in [1.54, 1.807) is 6.07 Å². The number of halogens is 2. The van der Waals surface area contributed by atoms with Gasteiger partial charge in [-0.05, 0) is 57.3 Å². The number of carbonyl (C=O) groups excluding carboxylic acids is 2. The van der Waals surface area contributed by atoms with Crippen molar-refractivity contribution in [3.8, 4) is 5.75 Å². The first-order chi connectivity index (χ1) is 7.45. The number of ether oxygens (including phenoxy) is 1. The van der Waals surface area contributed by atoms with Crippen molar-refractivity contribution in [2.75, 3.05) is 5.75 Å². The molecule has 1 aromatic rings. The number of aromatic carboxylic acids is 1. The van der Waals surface area contributed by atoms with E-state index in [4.69, 9.17) is 4.74 Å². The topological polar surface area (TPSA) is 66.4 Å². The van der Waals surface area contributed by atoms with Crippen molar-refractivity contribution in [1.29, 1.82) is 0 Å². The highest BCUT2D eigenvalue weighted by molar-refractivity contribution is 14.1. The Morgan fingerprint density at radius 3 is 2.50 bits per heavy atom. The molecule has 0 amide bonds. The quantitative estimate of drug-likeness (QED) is 0.316. The van der Waals surface area contributed by atoms with E-state index in [9.17, 15) is 14.7 Å². The molecule has 0 heterocycles. The zero-order valence-electron chi connectivity index (χ0n) is 7.70. The maximum atomic E-state index is 11.1. The maximum absolute atomic E-state index is 11.1. The van der Waals surface area contributed by atoms with Gasteiger partial charge in [-0.15, -0.1) is 0 Å². The van der Waals surface area contributed by atoms with E-state index in [1.807, 2.05) is 45.2 Å². The van der Waals surface area contributed by atoms with Crippen LogP contribution in [0.4, 0.5) is 0 Å². The van der Waals surface area contributed by atoms with E-state index in [2.05, 4.69) is 12.6 Å². The highest BCUT2D eigenvalue weighted by Crippen LogP contribution is 2.28. The largest absolute Gasteiger partial charge is 0.545 e. The highest BCUT2D eigenvalue weighted by atomic mass is 127. The van der Waals surface area contributed by atoms with Crippen LogP contribution in [0, 0.1) is 7.14 Å². The average Bonchev–Trinajstić information content (AvgIpc) is 2.20. The van der Waals surface area contributed by atoms with Crippen LogP contribution in [0.3, 0.4) is 0 Å². The second kappa shape index (κ2) is 6.05. The number of carboxylic acids is 1. The first-order valence-corrected chi connectivity index (χ1v) is 6.76. The number of rotatable bonds is 3. The van der Waals surface area contributed by atoms with Gasteiger partial charge in [0.25, 0.3) is 0 Å². The lowest BCUT2D eigenvalue weighted by Crippen LogP contribution is -2.24. The molecule has 0 N–H and O–H groups in total. The molecule has 0 aromatic heterocycles. The summed E-state index contributed by atoms with van der Waals surface area (Å²) in [6, 6.07) is 3.09. The smallest absolute Gasteiger partial charge is 0.321 e. The van der Waals surface area contributed by atoms with Crippen molar-refractivity contribution in [2.45, 2.75) is 0 Å². The fraction of sp³-hybridized carbons (Fsp3) is 0.111. The minimum absolute atomic E-state index is 0.0140. The van der Waals surface area contributed by atoms with Crippen LogP contribution in [0.15, 0.2) is 12.1 Å². The Morgan fingerprint density at radius 2 is 2.00 bits per heavy atom. The third kappa shape index (κ3) is 3.48. The van der Waals surface area contributed by atoms with E-state index in [-0.39, 0.29) is 17.1 Å². The van der Waals surface area contributed by atoms with E-state index < -0.39 is 11.9 Å². The van der Waals surface area contributed by atoms with Gasteiger partial charge in [-0.2, -0.15) is 12.6 Å². The lowest BCUT2D eigenvalue weighted by Gasteiger charge is -2.12. The molecule has 16 heavy (non-hydrogen) atoms. The molecule has 1 rings (SSSR count). The summed E-state index contributed by atoms with van der Waals surface area (Å²) in [5.41, 5.74) is -0.133. The lowest BCUT2D eigenvalue weighted by molar-refractivity contribution is -0.255. The van der Waals surface area contributed by atoms with Crippen molar-refractivity contribution in [3.05, 3.63) is 24.8 Å². The van der Waals surface area contributed by atoms with Gasteiger partial charge in [0.15, 0.2) is 5.75 Å². The van der Waals surface area contributed by atoms with E-state index >= 15 is 0 Å². The van der Waals surface area contributed by atoms with Gasteiger partial charge in [0, 0.05) is 9.13 Å². The Kier molecular flexibility index (Phi) is 5.31. The predicted molar refractivity (Wildman–Crippen MR) is 75.7 cm³/mol. The van der Waals surface area contributed by atoms with Crippen LogP contribution >= 0.6 is 57.8 Å². The monoisotopic (exact) mass is 463 g/mol. The average molecular weight is 463 g/mol. The van der Waals surface area contributed by atoms with Crippen molar-refractivity contribution < 1.29 is 19.4 Å². The van der Waals surface area contributed by atoms with Crippen LogP contribution in [-0.2, 0) is 4.79 Å². The standard InChI is InChI=1S/C9H6I2O4S/c10-4-1-5(9(13)14)8(6(11)2-4)15-7(12)3-16/h1-2,16H,3H2,(H,13,14)/p-1. The van der Waals surface area contributed by atoms with Gasteiger partial charge in [-0.3, -0.25) is 4.79 Å². The Hall–Kier alpha value is -0.0300. The maximum Gasteiger partial charge on any atom is 0.321 e. The molecule has 0 unspecified atom stereocenters. The molecule has 0 bridgehead atoms. The molecule has 0 atom stereocenters. The minimum atomic E-state index is -1.38. The number of benzene rings is 1. The van der Waals surface area contributed by atoms with Gasteiger partial charge >= 0.3 is 5.97 Å². The molecular formula is C9H5I2O4S-. The van der Waals surface area contributed by atoms with E-state index in [0.717, 1.165) is 3.57 Å². The minimum Gasteiger partial charge on any atom is -0.545 e. The molecule has 7 heteroatoms. The SMILES string of the molecule is O=C(CS)Oc1c(I)cc(I)cc1C(=O)[O-]. The molecule has 0 fully saturated rings. The third-order valence-electron chi connectivity index (χ3n) is 1.57. The number of hydrogen-bond donors (Lipinski definition) is 1. The number of esters is 1. The molecule has 0 aliphatic heterocycles. The van der Waals surface area contributed by atoms with Gasteiger partial charge in [-0.1, -0.05) is 0 Å². The Bertz CT molecular complexity index is 447. The molecule has 0 aliphatic rings. The van der Waals surface area contributed by atoms with Gasteiger partial charge in [0.1, 0.15) is 0 Å². The number of carboxylic acid groups (broad SMARTS) is 1. The summed E-state index contributed by atoms with van der Waals surface area (Å²) in [6.07, 6.45) is 0. The molecular weight excluding hydrogens is 458 g/mol. The van der Waals surface area contributed by atoms with Crippen LogP contribution in [0.5, 0.6) is 5.75 Å². The van der Waals surface area contributed by atoms with Crippen LogP contribution in [0.2, 0.25) is 0 Å². The number of thiol groups is 1. The van der Waals surface area contributed by atoms with Crippen LogP contribution in [-0.4, -0.2) is 17.7 Å². The fourth-order valence-electron chi connectivity index (χ4n) is 0.962. The first-order valence-electron chi connectivity index (χ1n) is 3.97. The van der Waals surface area contributed by atoms with Gasteiger partial charge in [0.2, 0.25) is 0 Å². The van der Waals surface area contributed by atoms with E-state index in [0.29, 0.717) is 3.57 Å². The van der Waals surface area contributed by atoms with Crippen LogP contribution in [0.1, 0.15) is 10.4 Å². The van der Waals surface area contributed by atoms with Crippen molar-refractivity contribution in [1.82, 2.24) is 0 Å². The molecule has 4 nitrogen and oxygen atoms in total. The van der Waals surface area contributed by atoms with Gasteiger partial charge in [0.05, 0.1) is 15.3 Å². The summed E-state index contributed by atoms with van der Waals surface area (Å²) in [6.45, 7) is 0. The van der Waals surface area contributed by atoms with Crippen molar-refractivity contribution in [3.63, 3.8) is 0 Å². The summed E-state index contributed by atoms with van der Waals surface area (Å²) < 4.78 is 6.16. The Morgan fingerprint density at radius 1 is 1.38 bits per heavy atom. The van der Waals surface area contributed by atoms with Crippen LogP contribution in [0.25, 0.3) is 0 Å². The zero-order valence-corrected chi connectivity index (χ0v) is 12.9. The normalized spacial score (nSPS) is 9.94. The van der Waals surface area contributed by atoms with Crippen molar-refractivity contribution in [2.24, 2.45) is 0 Å². The number of hydrogen-bond acceptors (Lipinski definition) is 5. The predicted octanol–water partition coefficient (Wildman–Crippen LogP) is 1.09. The first kappa shape index (κ1) is 14.0.